The molecule has 0 saturated heterocycles. The van der Waals surface area contributed by atoms with E-state index in [1.54, 1.807) is 36.3 Å². The van der Waals surface area contributed by atoms with Crippen LogP contribution in [0.15, 0.2) is 67.1 Å². The summed E-state index contributed by atoms with van der Waals surface area (Å²) < 4.78 is 6.83. The van der Waals surface area contributed by atoms with Crippen LogP contribution in [0.4, 0.5) is 5.69 Å². The third-order valence-corrected chi connectivity index (χ3v) is 3.84. The van der Waals surface area contributed by atoms with E-state index in [-0.39, 0.29) is 18.0 Å². The number of carbonyl (C=O) groups excluding carboxylic acids is 1. The van der Waals surface area contributed by atoms with Crippen molar-refractivity contribution < 1.29 is 19.0 Å². The number of ether oxygens (including phenoxy) is 1. The van der Waals surface area contributed by atoms with Crippen LogP contribution >= 0.6 is 0 Å². The lowest BCUT2D eigenvalue weighted by Crippen LogP contribution is -2.37. The van der Waals surface area contributed by atoms with E-state index in [1.807, 2.05) is 24.3 Å². The topological polar surface area (TPSA) is 86.2 Å². The van der Waals surface area contributed by atoms with Crippen LogP contribution in [0.2, 0.25) is 0 Å². The number of non-ortho nitro benzene ring substituents is 1. The minimum absolute atomic E-state index is 0.0482. The highest BCUT2D eigenvalue weighted by atomic mass is 16.6. The number of benzene rings is 2. The highest BCUT2D eigenvalue weighted by Crippen LogP contribution is 2.21. The summed E-state index contributed by atoms with van der Waals surface area (Å²) >= 11 is 0. The number of hydrogen-bond acceptors (Lipinski definition) is 5. The predicted octanol–water partition coefficient (Wildman–Crippen LogP) is 2.84. The zero-order valence-electron chi connectivity index (χ0n) is 14.0. The molecule has 1 aromatic heterocycles. The molecule has 2 aromatic carbocycles. The summed E-state index contributed by atoms with van der Waals surface area (Å²) in [6.45, 7) is 0.0482. The summed E-state index contributed by atoms with van der Waals surface area (Å²) in [6.07, 6.45) is 3.31. The van der Waals surface area contributed by atoms with Crippen LogP contribution in [0.25, 0.3) is 11.3 Å². The van der Waals surface area contributed by atoms with Crippen molar-refractivity contribution in [3.8, 4) is 17.0 Å². The standard InChI is InChI=1S/C19H16N3O4/c1-26-17-7-3-4-14(11-17)18-8-9-21(13-20-18)12-19(23)15-5-2-6-16(10-15)22(24)25/h2-11,13H,12H2,1H3/q+1. The fourth-order valence-corrected chi connectivity index (χ4v) is 2.48. The van der Waals surface area contributed by atoms with Crippen molar-refractivity contribution in [3.63, 3.8) is 0 Å². The summed E-state index contributed by atoms with van der Waals surface area (Å²) in [5.41, 5.74) is 1.85. The summed E-state index contributed by atoms with van der Waals surface area (Å²) in [7, 11) is 1.60. The maximum absolute atomic E-state index is 12.3. The van der Waals surface area contributed by atoms with Gasteiger partial charge in [0, 0.05) is 29.3 Å². The molecule has 130 valence electrons. The first kappa shape index (κ1) is 17.2. The molecule has 0 radical (unpaired) electrons. The molecule has 0 aliphatic carbocycles. The molecule has 0 aliphatic heterocycles. The predicted molar refractivity (Wildman–Crippen MR) is 93.8 cm³/mol. The Morgan fingerprint density at radius 3 is 2.69 bits per heavy atom. The van der Waals surface area contributed by atoms with Crippen molar-refractivity contribution in [2.24, 2.45) is 0 Å². The number of aromatic nitrogens is 2. The van der Waals surface area contributed by atoms with E-state index in [9.17, 15) is 14.9 Å². The molecule has 0 saturated carbocycles. The Labute approximate surface area is 149 Å². The molecule has 3 rings (SSSR count). The zero-order chi connectivity index (χ0) is 18.5. The van der Waals surface area contributed by atoms with E-state index >= 15 is 0 Å². The van der Waals surface area contributed by atoms with Gasteiger partial charge in [0.05, 0.1) is 18.2 Å². The highest BCUT2D eigenvalue weighted by Gasteiger charge is 2.15. The second kappa shape index (κ2) is 7.52. The second-order valence-corrected chi connectivity index (χ2v) is 5.58. The fraction of sp³-hybridized carbons (Fsp3) is 0.105. The maximum atomic E-state index is 12.3. The van der Waals surface area contributed by atoms with Gasteiger partial charge in [-0.25, -0.2) is 4.57 Å². The Bertz CT molecular complexity index is 955. The molecule has 0 amide bonds. The van der Waals surface area contributed by atoms with E-state index in [2.05, 4.69) is 4.98 Å². The van der Waals surface area contributed by atoms with E-state index in [0.717, 1.165) is 17.0 Å². The van der Waals surface area contributed by atoms with Gasteiger partial charge in [0.15, 0.2) is 12.2 Å². The molecule has 0 bridgehead atoms. The van der Waals surface area contributed by atoms with Gasteiger partial charge in [0.2, 0.25) is 5.78 Å². The van der Waals surface area contributed by atoms with Gasteiger partial charge >= 0.3 is 0 Å². The lowest BCUT2D eigenvalue weighted by atomic mass is 10.1. The molecule has 0 N–H and O–H groups in total. The Balaban J connectivity index is 1.75. The molecular weight excluding hydrogens is 334 g/mol. The Morgan fingerprint density at radius 1 is 1.19 bits per heavy atom. The van der Waals surface area contributed by atoms with Gasteiger partial charge in [0.1, 0.15) is 5.75 Å². The second-order valence-electron chi connectivity index (χ2n) is 5.58. The number of carbonyl (C=O) groups is 1. The fourth-order valence-electron chi connectivity index (χ4n) is 2.48. The van der Waals surface area contributed by atoms with Gasteiger partial charge in [-0.15, -0.1) is 0 Å². The van der Waals surface area contributed by atoms with Crippen LogP contribution in [0, 0.1) is 10.1 Å². The molecule has 0 aliphatic rings. The monoisotopic (exact) mass is 350 g/mol. The maximum Gasteiger partial charge on any atom is 0.287 e. The largest absolute Gasteiger partial charge is 0.497 e. The van der Waals surface area contributed by atoms with Crippen LogP contribution in [0.3, 0.4) is 0 Å². The number of hydrogen-bond donors (Lipinski definition) is 0. The van der Waals surface area contributed by atoms with E-state index in [0.29, 0.717) is 5.56 Å². The zero-order valence-corrected chi connectivity index (χ0v) is 14.0. The highest BCUT2D eigenvalue weighted by molar-refractivity contribution is 5.95. The molecular formula is C19H16N3O4+. The summed E-state index contributed by atoms with van der Waals surface area (Å²) in [5, 5.41) is 10.8. The van der Waals surface area contributed by atoms with Gasteiger partial charge in [-0.05, 0) is 17.1 Å². The molecule has 3 aromatic rings. The van der Waals surface area contributed by atoms with Gasteiger partial charge in [0.25, 0.3) is 12.0 Å². The summed E-state index contributed by atoms with van der Waals surface area (Å²) in [5.74, 6) is 0.511. The molecule has 0 unspecified atom stereocenters. The third-order valence-electron chi connectivity index (χ3n) is 3.84. The van der Waals surface area contributed by atoms with Crippen molar-refractivity contribution in [2.75, 3.05) is 7.11 Å². The van der Waals surface area contributed by atoms with E-state index in [1.165, 1.54) is 18.2 Å². The van der Waals surface area contributed by atoms with Crippen LogP contribution in [-0.2, 0) is 6.54 Å². The number of nitro groups is 1. The van der Waals surface area contributed by atoms with E-state index < -0.39 is 4.92 Å². The summed E-state index contributed by atoms with van der Waals surface area (Å²) in [6, 6.07) is 15.0. The number of ketones is 1. The molecule has 0 fully saturated rings. The third kappa shape index (κ3) is 3.89. The van der Waals surface area contributed by atoms with Crippen LogP contribution in [-0.4, -0.2) is 22.8 Å². The SMILES string of the molecule is COc1cccc(-c2cc[n+](CC(=O)c3cccc([N+](=O)[O-])c3)cn2)c1. The van der Waals surface area contributed by atoms with Crippen LogP contribution < -0.4 is 9.30 Å². The molecule has 0 atom stereocenters. The van der Waals surface area contributed by atoms with Gasteiger partial charge in [-0.1, -0.05) is 24.3 Å². The Morgan fingerprint density at radius 2 is 2.00 bits per heavy atom. The average Bonchev–Trinajstić information content (AvgIpc) is 2.68. The first-order chi connectivity index (χ1) is 12.6. The minimum atomic E-state index is -0.519. The number of Topliss-reactive ketones (excluding diaryl/α,β-unsaturated/α-hetero) is 1. The molecule has 1 heterocycles. The molecule has 0 spiro atoms. The van der Waals surface area contributed by atoms with Crippen molar-refractivity contribution in [1.82, 2.24) is 4.98 Å². The van der Waals surface area contributed by atoms with Gasteiger partial charge in [-0.2, -0.15) is 0 Å². The normalized spacial score (nSPS) is 10.3. The van der Waals surface area contributed by atoms with Crippen molar-refractivity contribution in [1.29, 1.82) is 0 Å². The number of methoxy groups -OCH3 is 1. The first-order valence-corrected chi connectivity index (χ1v) is 7.84. The van der Waals surface area contributed by atoms with E-state index in [4.69, 9.17) is 4.74 Å². The quantitative estimate of drug-likeness (QED) is 0.295. The van der Waals surface area contributed by atoms with Crippen molar-refractivity contribution >= 4 is 11.5 Å². The van der Waals surface area contributed by atoms with Crippen LogP contribution in [0.1, 0.15) is 10.4 Å². The average molecular weight is 350 g/mol. The van der Waals surface area contributed by atoms with Gasteiger partial charge < -0.3 is 4.74 Å². The molecule has 26 heavy (non-hydrogen) atoms. The van der Waals surface area contributed by atoms with Gasteiger partial charge in [-0.3, -0.25) is 14.9 Å². The Hall–Kier alpha value is -3.61. The lowest BCUT2D eigenvalue weighted by Gasteiger charge is -2.02. The number of rotatable bonds is 6. The lowest BCUT2D eigenvalue weighted by molar-refractivity contribution is -0.686. The minimum Gasteiger partial charge on any atom is -0.497 e. The smallest absolute Gasteiger partial charge is 0.287 e. The Kier molecular flexibility index (Phi) is 4.98. The number of nitro benzene ring substituents is 1. The molecule has 7 nitrogen and oxygen atoms in total. The molecule has 7 heteroatoms. The van der Waals surface area contributed by atoms with Crippen molar-refractivity contribution in [3.05, 3.63) is 82.8 Å². The summed E-state index contributed by atoms with van der Waals surface area (Å²) in [4.78, 5) is 27.0. The number of nitrogens with zero attached hydrogens (tertiary/aromatic N) is 3. The van der Waals surface area contributed by atoms with Crippen LogP contribution in [0.5, 0.6) is 5.75 Å². The van der Waals surface area contributed by atoms with Crippen molar-refractivity contribution in [2.45, 2.75) is 6.54 Å². The first-order valence-electron chi connectivity index (χ1n) is 7.84.